The maximum atomic E-state index is 6.88. The highest BCUT2D eigenvalue weighted by Crippen LogP contribution is 2.58. The molecular formula is C29H38ClN3OS. The van der Waals surface area contributed by atoms with Gasteiger partial charge in [-0.3, -0.25) is 14.8 Å². The van der Waals surface area contributed by atoms with Crippen LogP contribution in [0.5, 0.6) is 0 Å². The Morgan fingerprint density at radius 3 is 2.17 bits per heavy atom. The van der Waals surface area contributed by atoms with Crippen molar-refractivity contribution < 1.29 is 4.74 Å². The van der Waals surface area contributed by atoms with Crippen molar-refractivity contribution in [2.24, 2.45) is 28.2 Å². The zero-order chi connectivity index (χ0) is 23.6. The number of benzene rings is 1. The largest absolute Gasteiger partial charge is 0.379 e. The molecule has 188 valence electrons. The van der Waals surface area contributed by atoms with E-state index in [9.17, 15) is 0 Å². The number of amidine groups is 1. The van der Waals surface area contributed by atoms with Gasteiger partial charge < -0.3 is 4.74 Å². The number of morpholine rings is 1. The maximum Gasteiger partial charge on any atom is 0.128 e. The van der Waals surface area contributed by atoms with Crippen LogP contribution in [0.25, 0.3) is 0 Å². The van der Waals surface area contributed by atoms with E-state index in [1.54, 1.807) is 0 Å². The number of thiocarbonyl (C=S) groups is 1. The molecule has 1 aromatic rings. The van der Waals surface area contributed by atoms with E-state index in [0.717, 1.165) is 72.6 Å². The molecule has 0 radical (unpaired) electrons. The van der Waals surface area contributed by atoms with Crippen LogP contribution in [0.1, 0.15) is 70.6 Å². The smallest absolute Gasteiger partial charge is 0.128 e. The lowest BCUT2D eigenvalue weighted by Gasteiger charge is -2.55. The fourth-order valence-corrected chi connectivity index (χ4v) is 9.98. The number of nitrogens with zero attached hydrogens (tertiary/aromatic N) is 3. The Hall–Kier alpha value is -1.01. The summed E-state index contributed by atoms with van der Waals surface area (Å²) in [6.07, 6.45) is 14.3. The third-order valence-corrected chi connectivity index (χ3v) is 11.1. The summed E-state index contributed by atoms with van der Waals surface area (Å²) in [5, 5.41) is 0.779. The lowest BCUT2D eigenvalue weighted by molar-refractivity contribution is -0.00211. The fourth-order valence-electron chi connectivity index (χ4n) is 9.25. The van der Waals surface area contributed by atoms with Gasteiger partial charge >= 0.3 is 0 Å². The van der Waals surface area contributed by atoms with Crippen molar-refractivity contribution in [2.75, 3.05) is 31.2 Å². The van der Waals surface area contributed by atoms with Gasteiger partial charge in [-0.15, -0.1) is 0 Å². The average molecular weight is 512 g/mol. The predicted molar refractivity (Wildman–Crippen MR) is 147 cm³/mol. The Labute approximate surface area is 220 Å². The molecule has 2 aliphatic heterocycles. The summed E-state index contributed by atoms with van der Waals surface area (Å²) < 4.78 is 5.81. The second kappa shape index (κ2) is 8.79. The Morgan fingerprint density at radius 1 is 0.914 bits per heavy atom. The molecule has 4 bridgehead atoms. The van der Waals surface area contributed by atoms with Crippen LogP contribution in [-0.2, 0) is 4.74 Å². The van der Waals surface area contributed by atoms with E-state index in [2.05, 4.69) is 21.9 Å². The number of hydrogen-bond acceptors (Lipinski definition) is 4. The highest BCUT2D eigenvalue weighted by molar-refractivity contribution is 7.80. The molecule has 0 amide bonds. The lowest BCUT2D eigenvalue weighted by atomic mass is 9.53. The van der Waals surface area contributed by atoms with Gasteiger partial charge in [0.15, 0.2) is 0 Å². The summed E-state index contributed by atoms with van der Waals surface area (Å²) in [5.41, 5.74) is 1.11. The number of ether oxygens (including phenoxy) is 1. The number of hydrogen-bond donors (Lipinski definition) is 0. The Balaban J connectivity index is 1.40. The first-order valence-corrected chi connectivity index (χ1v) is 14.9. The summed E-state index contributed by atoms with van der Waals surface area (Å²) in [4.78, 5) is 12.1. The SMILES string of the molecule is S=C1N(c2ccccc2Cl)C(=NC23CC4CC(CC(C4)C2)C3)[C@@H](N2CCOCC2)C12CCCCC2. The average Bonchev–Trinajstić information content (AvgIpc) is 3.06. The van der Waals surface area contributed by atoms with Gasteiger partial charge in [0.25, 0.3) is 0 Å². The topological polar surface area (TPSA) is 28.1 Å². The molecule has 5 saturated carbocycles. The zero-order valence-corrected chi connectivity index (χ0v) is 22.3. The van der Waals surface area contributed by atoms with Crippen molar-refractivity contribution in [3.8, 4) is 0 Å². The molecule has 1 aromatic carbocycles. The minimum absolute atomic E-state index is 0.0226. The number of anilines is 1. The highest BCUT2D eigenvalue weighted by Gasteiger charge is 2.59. The molecule has 7 aliphatic rings. The Morgan fingerprint density at radius 2 is 1.54 bits per heavy atom. The number of aliphatic imine (C=N–C) groups is 1. The zero-order valence-electron chi connectivity index (χ0n) is 20.8. The van der Waals surface area contributed by atoms with Crippen LogP contribution in [-0.4, -0.2) is 53.6 Å². The molecule has 8 rings (SSSR count). The van der Waals surface area contributed by atoms with Crippen LogP contribution in [0.4, 0.5) is 5.69 Å². The summed E-state index contributed by atoms with van der Waals surface area (Å²) in [6, 6.07) is 8.53. The van der Waals surface area contributed by atoms with E-state index in [0.29, 0.717) is 0 Å². The van der Waals surface area contributed by atoms with Gasteiger partial charge in [0.05, 0.1) is 40.5 Å². The van der Waals surface area contributed by atoms with E-state index >= 15 is 0 Å². The van der Waals surface area contributed by atoms with Crippen LogP contribution in [0.15, 0.2) is 29.3 Å². The van der Waals surface area contributed by atoms with Crippen molar-refractivity contribution in [1.82, 2.24) is 4.90 Å². The van der Waals surface area contributed by atoms with Gasteiger partial charge in [0.1, 0.15) is 5.84 Å². The first-order valence-electron chi connectivity index (χ1n) is 14.1. The fraction of sp³-hybridized carbons (Fsp3) is 0.724. The van der Waals surface area contributed by atoms with Crippen LogP contribution in [0.2, 0.25) is 5.02 Å². The second-order valence-corrected chi connectivity index (χ2v) is 13.3. The standard InChI is InChI=1S/C29H38ClN3OS/c30-23-6-2-3-7-24(23)33-26(31-28-17-20-14-21(18-28)16-22(15-20)19-28)25(32-10-12-34-13-11-32)29(27(33)35)8-4-1-5-9-29/h2-3,6-7,20-22,25H,1,4-5,8-19H2/t20?,21?,22?,25-,28?/m1/s1. The minimum Gasteiger partial charge on any atom is -0.379 e. The van der Waals surface area contributed by atoms with Gasteiger partial charge in [-0.25, -0.2) is 0 Å². The molecule has 1 atom stereocenters. The molecule has 2 heterocycles. The summed E-state index contributed by atoms with van der Waals surface area (Å²) in [6.45, 7) is 3.53. The summed E-state index contributed by atoms with van der Waals surface area (Å²) in [5.74, 6) is 3.84. The van der Waals surface area contributed by atoms with Crippen LogP contribution < -0.4 is 4.90 Å². The number of rotatable bonds is 3. The van der Waals surface area contributed by atoms with Gasteiger partial charge in [0.2, 0.25) is 0 Å². The highest BCUT2D eigenvalue weighted by atomic mass is 35.5. The molecule has 2 saturated heterocycles. The van der Waals surface area contributed by atoms with Gasteiger partial charge in [-0.1, -0.05) is 55.2 Å². The van der Waals surface area contributed by atoms with Crippen molar-refractivity contribution in [3.63, 3.8) is 0 Å². The second-order valence-electron chi connectivity index (χ2n) is 12.5. The first kappa shape index (κ1) is 23.1. The van der Waals surface area contributed by atoms with Crippen molar-refractivity contribution in [3.05, 3.63) is 29.3 Å². The van der Waals surface area contributed by atoms with E-state index in [4.69, 9.17) is 33.5 Å². The van der Waals surface area contributed by atoms with E-state index in [-0.39, 0.29) is 17.0 Å². The minimum atomic E-state index is -0.0226. The van der Waals surface area contributed by atoms with Crippen molar-refractivity contribution in [2.45, 2.75) is 82.2 Å². The number of halogens is 1. The summed E-state index contributed by atoms with van der Waals surface area (Å²) >= 11 is 13.4. The molecule has 7 fully saturated rings. The van der Waals surface area contributed by atoms with Gasteiger partial charge in [-0.05, 0) is 81.3 Å². The molecule has 0 N–H and O–H groups in total. The lowest BCUT2D eigenvalue weighted by Crippen LogP contribution is -2.56. The quantitative estimate of drug-likeness (QED) is 0.432. The third-order valence-electron chi connectivity index (χ3n) is 10.2. The summed E-state index contributed by atoms with van der Waals surface area (Å²) in [7, 11) is 0. The van der Waals surface area contributed by atoms with E-state index < -0.39 is 0 Å². The molecule has 6 heteroatoms. The molecule has 5 aliphatic carbocycles. The van der Waals surface area contributed by atoms with Crippen molar-refractivity contribution in [1.29, 1.82) is 0 Å². The van der Waals surface area contributed by atoms with Gasteiger partial charge in [-0.2, -0.15) is 0 Å². The predicted octanol–water partition coefficient (Wildman–Crippen LogP) is 6.51. The monoisotopic (exact) mass is 511 g/mol. The Bertz CT molecular complexity index is 993. The maximum absolute atomic E-state index is 6.88. The molecular weight excluding hydrogens is 474 g/mol. The van der Waals surface area contributed by atoms with E-state index in [1.165, 1.54) is 63.6 Å². The molecule has 1 spiro atoms. The molecule has 0 aromatic heterocycles. The normalized spacial score (nSPS) is 39.7. The van der Waals surface area contributed by atoms with Crippen LogP contribution >= 0.6 is 23.8 Å². The van der Waals surface area contributed by atoms with Crippen LogP contribution in [0, 0.1) is 23.2 Å². The van der Waals surface area contributed by atoms with Crippen LogP contribution in [0.3, 0.4) is 0 Å². The molecule has 0 unspecified atom stereocenters. The Kier molecular flexibility index (Phi) is 5.81. The number of para-hydroxylation sites is 1. The molecule has 35 heavy (non-hydrogen) atoms. The van der Waals surface area contributed by atoms with Crippen molar-refractivity contribution >= 4 is 40.3 Å². The van der Waals surface area contributed by atoms with Gasteiger partial charge in [0, 0.05) is 18.5 Å². The van der Waals surface area contributed by atoms with E-state index in [1.807, 2.05) is 12.1 Å². The third kappa shape index (κ3) is 3.74. The molecule has 4 nitrogen and oxygen atoms in total. The first-order chi connectivity index (χ1) is 17.1.